The Labute approximate surface area is 116 Å². The molecule has 0 aliphatic rings. The molecule has 1 atom stereocenters. The Kier molecular flexibility index (Phi) is 6.56. The van der Waals surface area contributed by atoms with Crippen LogP contribution in [0.5, 0.6) is 0 Å². The lowest BCUT2D eigenvalue weighted by Gasteiger charge is -2.11. The van der Waals surface area contributed by atoms with Crippen molar-refractivity contribution in [1.29, 1.82) is 0 Å². The maximum Gasteiger partial charge on any atom is 0.321 e. The zero-order chi connectivity index (χ0) is 14.3. The number of nitrogens with zero attached hydrogens (tertiary/aromatic N) is 2. The first-order chi connectivity index (χ1) is 9.04. The molecule has 0 saturated heterocycles. The molecule has 104 valence electrons. The highest BCUT2D eigenvalue weighted by atomic mass is 33.1. The molecule has 0 unspecified atom stereocenters. The highest BCUT2D eigenvalue weighted by molar-refractivity contribution is 8.76. The fourth-order valence-electron chi connectivity index (χ4n) is 1.05. The molecule has 0 fully saturated rings. The van der Waals surface area contributed by atoms with Gasteiger partial charge < -0.3 is 10.8 Å². The van der Waals surface area contributed by atoms with Gasteiger partial charge in [-0.15, -0.1) is 0 Å². The van der Waals surface area contributed by atoms with E-state index in [1.807, 2.05) is 0 Å². The summed E-state index contributed by atoms with van der Waals surface area (Å²) in [6.07, 6.45) is 1.16. The number of carbonyl (C=O) groups is 1. The normalized spacial score (nSPS) is 12.1. The quantitative estimate of drug-likeness (QED) is 0.274. The fourth-order valence-corrected chi connectivity index (χ4v) is 3.13. The third-order valence-corrected chi connectivity index (χ3v) is 4.25. The van der Waals surface area contributed by atoms with Crippen LogP contribution in [0, 0.1) is 10.1 Å². The SMILES string of the molecule is NCN[C@@H](CSSc1ccc([N+](=O)[O-])cn1)C(=O)O. The second-order valence-corrected chi connectivity index (χ2v) is 5.64. The Balaban J connectivity index is 2.43. The molecule has 0 aliphatic carbocycles. The van der Waals surface area contributed by atoms with Gasteiger partial charge in [0.15, 0.2) is 0 Å². The summed E-state index contributed by atoms with van der Waals surface area (Å²) in [5, 5.41) is 22.5. The predicted octanol–water partition coefficient (Wildman–Crippen LogP) is 0.689. The zero-order valence-corrected chi connectivity index (χ0v) is 11.3. The minimum absolute atomic E-state index is 0.0810. The van der Waals surface area contributed by atoms with Gasteiger partial charge in [0.25, 0.3) is 5.69 Å². The van der Waals surface area contributed by atoms with Crippen LogP contribution in [0.3, 0.4) is 0 Å². The van der Waals surface area contributed by atoms with Crippen LogP contribution < -0.4 is 11.1 Å². The number of aromatic nitrogens is 1. The van der Waals surface area contributed by atoms with Crippen LogP contribution >= 0.6 is 21.6 Å². The number of aliphatic carboxylic acids is 1. The second kappa shape index (κ2) is 7.94. The summed E-state index contributed by atoms with van der Waals surface area (Å²) in [4.78, 5) is 24.6. The van der Waals surface area contributed by atoms with E-state index in [0.29, 0.717) is 10.8 Å². The summed E-state index contributed by atoms with van der Waals surface area (Å²) >= 11 is 0. The molecule has 1 aromatic rings. The van der Waals surface area contributed by atoms with Gasteiger partial charge in [-0.2, -0.15) is 0 Å². The zero-order valence-electron chi connectivity index (χ0n) is 9.68. The van der Waals surface area contributed by atoms with Crippen molar-refractivity contribution < 1.29 is 14.8 Å². The number of hydrogen-bond donors (Lipinski definition) is 3. The van der Waals surface area contributed by atoms with E-state index in [0.717, 1.165) is 6.20 Å². The van der Waals surface area contributed by atoms with Gasteiger partial charge in [-0.3, -0.25) is 20.2 Å². The Morgan fingerprint density at radius 2 is 2.37 bits per heavy atom. The van der Waals surface area contributed by atoms with E-state index in [2.05, 4.69) is 10.3 Å². The highest BCUT2D eigenvalue weighted by Gasteiger charge is 2.16. The molecule has 0 bridgehead atoms. The third-order valence-electron chi connectivity index (χ3n) is 1.97. The lowest BCUT2D eigenvalue weighted by Crippen LogP contribution is -2.41. The summed E-state index contributed by atoms with van der Waals surface area (Å²) < 4.78 is 0. The lowest BCUT2D eigenvalue weighted by atomic mass is 10.3. The number of hydrogen-bond acceptors (Lipinski definition) is 8. The molecule has 1 rings (SSSR count). The molecule has 0 amide bonds. The van der Waals surface area contributed by atoms with Crippen LogP contribution in [0.4, 0.5) is 5.69 Å². The van der Waals surface area contributed by atoms with Crippen molar-refractivity contribution in [1.82, 2.24) is 10.3 Å². The molecule has 0 aromatic carbocycles. The molecule has 0 saturated carbocycles. The average molecular weight is 304 g/mol. The van der Waals surface area contributed by atoms with E-state index in [1.54, 1.807) is 0 Å². The number of carboxylic acids is 1. The second-order valence-electron chi connectivity index (χ2n) is 3.28. The Bertz CT molecular complexity index is 442. The monoisotopic (exact) mass is 304 g/mol. The molecule has 0 spiro atoms. The van der Waals surface area contributed by atoms with Gasteiger partial charge in [0.2, 0.25) is 0 Å². The van der Waals surface area contributed by atoms with Crippen molar-refractivity contribution in [2.75, 3.05) is 12.4 Å². The average Bonchev–Trinajstić information content (AvgIpc) is 2.38. The maximum absolute atomic E-state index is 10.8. The van der Waals surface area contributed by atoms with E-state index in [-0.39, 0.29) is 12.4 Å². The molecular weight excluding hydrogens is 292 g/mol. The first kappa shape index (κ1) is 15.7. The van der Waals surface area contributed by atoms with Crippen LogP contribution in [0.2, 0.25) is 0 Å². The first-order valence-corrected chi connectivity index (χ1v) is 7.42. The molecule has 10 heteroatoms. The van der Waals surface area contributed by atoms with Crippen LogP contribution in [-0.2, 0) is 4.79 Å². The topological polar surface area (TPSA) is 131 Å². The molecule has 0 aliphatic heterocycles. The van der Waals surface area contributed by atoms with E-state index < -0.39 is 16.9 Å². The van der Waals surface area contributed by atoms with Crippen molar-refractivity contribution >= 4 is 33.2 Å². The molecule has 1 aromatic heterocycles. The van der Waals surface area contributed by atoms with Crippen molar-refractivity contribution in [3.05, 3.63) is 28.4 Å². The minimum atomic E-state index is -0.977. The summed E-state index contributed by atoms with van der Waals surface area (Å²) in [6.45, 7) is 0.0813. The summed E-state index contributed by atoms with van der Waals surface area (Å²) in [5.74, 6) is -0.675. The van der Waals surface area contributed by atoms with Crippen LogP contribution in [0.25, 0.3) is 0 Å². The Morgan fingerprint density at radius 1 is 1.63 bits per heavy atom. The number of nitrogens with one attached hydrogen (secondary N) is 1. The summed E-state index contributed by atoms with van der Waals surface area (Å²) in [6, 6.07) is 2.13. The highest BCUT2D eigenvalue weighted by Crippen LogP contribution is 2.30. The van der Waals surface area contributed by atoms with Crippen LogP contribution in [-0.4, -0.2) is 39.4 Å². The first-order valence-electron chi connectivity index (χ1n) is 5.10. The van der Waals surface area contributed by atoms with Crippen LogP contribution in [0.1, 0.15) is 0 Å². The van der Waals surface area contributed by atoms with Crippen molar-refractivity contribution in [2.45, 2.75) is 11.1 Å². The van der Waals surface area contributed by atoms with Gasteiger partial charge >= 0.3 is 5.97 Å². The van der Waals surface area contributed by atoms with E-state index in [1.165, 1.54) is 33.7 Å². The van der Waals surface area contributed by atoms with Gasteiger partial charge in [0.1, 0.15) is 17.3 Å². The number of pyridine rings is 1. The van der Waals surface area contributed by atoms with Crippen molar-refractivity contribution in [3.63, 3.8) is 0 Å². The standard InChI is InChI=1S/C9H12N4O4S2/c10-5-12-7(9(14)15)4-18-19-8-2-1-6(3-11-8)13(16)17/h1-3,7,12H,4-5,10H2,(H,14,15)/t7-/m0/s1. The van der Waals surface area contributed by atoms with Gasteiger partial charge in [-0.05, 0) is 16.9 Å². The van der Waals surface area contributed by atoms with Crippen molar-refractivity contribution in [3.8, 4) is 0 Å². The Hall–Kier alpha value is -1.36. The predicted molar refractivity (Wildman–Crippen MR) is 72.8 cm³/mol. The van der Waals surface area contributed by atoms with E-state index >= 15 is 0 Å². The largest absolute Gasteiger partial charge is 0.480 e. The summed E-state index contributed by atoms with van der Waals surface area (Å²) in [5.41, 5.74) is 5.15. The lowest BCUT2D eigenvalue weighted by molar-refractivity contribution is -0.385. The minimum Gasteiger partial charge on any atom is -0.480 e. The molecule has 4 N–H and O–H groups in total. The number of carboxylic acid groups (broad SMARTS) is 1. The maximum atomic E-state index is 10.8. The number of nitrogens with two attached hydrogens (primary N) is 1. The molecule has 1 heterocycles. The van der Waals surface area contributed by atoms with Gasteiger partial charge in [-0.25, -0.2) is 4.98 Å². The third kappa shape index (κ3) is 5.42. The van der Waals surface area contributed by atoms with Gasteiger partial charge in [0, 0.05) is 18.5 Å². The van der Waals surface area contributed by atoms with Crippen LogP contribution in [0.15, 0.2) is 23.4 Å². The Morgan fingerprint density at radius 3 is 2.84 bits per heavy atom. The molecule has 8 nitrogen and oxygen atoms in total. The van der Waals surface area contributed by atoms with E-state index in [9.17, 15) is 14.9 Å². The smallest absolute Gasteiger partial charge is 0.321 e. The van der Waals surface area contributed by atoms with Crippen molar-refractivity contribution in [2.24, 2.45) is 5.73 Å². The number of rotatable bonds is 8. The molecule has 19 heavy (non-hydrogen) atoms. The summed E-state index contributed by atoms with van der Waals surface area (Å²) in [7, 11) is 2.53. The van der Waals surface area contributed by atoms with E-state index in [4.69, 9.17) is 10.8 Å². The number of nitro groups is 1. The molecular formula is C9H12N4O4S2. The molecule has 0 radical (unpaired) electrons. The fraction of sp³-hybridized carbons (Fsp3) is 0.333. The van der Waals surface area contributed by atoms with Gasteiger partial charge in [0.05, 0.1) is 4.92 Å². The van der Waals surface area contributed by atoms with Gasteiger partial charge in [-0.1, -0.05) is 10.8 Å².